The van der Waals surface area contributed by atoms with Gasteiger partial charge in [0, 0.05) is 5.69 Å². The first-order chi connectivity index (χ1) is 18.9. The Morgan fingerprint density at radius 3 is 2.10 bits per heavy atom. The third-order valence-electron chi connectivity index (χ3n) is 5.04. The first kappa shape index (κ1) is 28.7. The van der Waals surface area contributed by atoms with E-state index in [1.807, 2.05) is 13.8 Å². The number of esters is 1. The van der Waals surface area contributed by atoms with Crippen molar-refractivity contribution in [1.29, 1.82) is 0 Å². The van der Waals surface area contributed by atoms with Gasteiger partial charge in [-0.3, -0.25) is 9.59 Å². The van der Waals surface area contributed by atoms with Crippen LogP contribution in [0, 0.1) is 0 Å². The van der Waals surface area contributed by atoms with Crippen LogP contribution in [0.5, 0.6) is 23.0 Å². The van der Waals surface area contributed by atoms with Gasteiger partial charge in [0.25, 0.3) is 0 Å². The van der Waals surface area contributed by atoms with Crippen LogP contribution in [-0.2, 0) is 9.59 Å². The van der Waals surface area contributed by atoms with E-state index in [1.54, 1.807) is 73.7 Å². The van der Waals surface area contributed by atoms with Crippen molar-refractivity contribution in [1.82, 2.24) is 5.43 Å². The molecule has 0 spiro atoms. The zero-order valence-corrected chi connectivity index (χ0v) is 22.1. The smallest absolute Gasteiger partial charge is 0.343 e. The Bertz CT molecular complexity index is 1290. The molecule has 0 heterocycles. The monoisotopic (exact) mass is 533 g/mol. The number of amides is 2. The summed E-state index contributed by atoms with van der Waals surface area (Å²) < 4.78 is 22.0. The Kier molecular flexibility index (Phi) is 10.9. The minimum absolute atomic E-state index is 0.226. The molecule has 0 aliphatic carbocycles. The molecule has 2 N–H and O–H groups in total. The first-order valence-corrected chi connectivity index (χ1v) is 12.5. The third kappa shape index (κ3) is 8.89. The molecule has 0 radical (unpaired) electrons. The molecule has 204 valence electrons. The highest BCUT2D eigenvalue weighted by atomic mass is 16.6. The van der Waals surface area contributed by atoms with E-state index in [1.165, 1.54) is 6.21 Å². The minimum Gasteiger partial charge on any atom is -0.494 e. The van der Waals surface area contributed by atoms with Crippen LogP contribution in [0.2, 0.25) is 0 Å². The van der Waals surface area contributed by atoms with E-state index < -0.39 is 17.8 Å². The number of carbonyl (C=O) groups is 3. The molecule has 0 aliphatic heterocycles. The van der Waals surface area contributed by atoms with Crippen molar-refractivity contribution in [2.24, 2.45) is 5.10 Å². The molecular formula is C29H31N3O7. The number of ether oxygens (including phenoxy) is 4. The van der Waals surface area contributed by atoms with Crippen molar-refractivity contribution >= 4 is 29.7 Å². The molecule has 10 nitrogen and oxygen atoms in total. The second-order valence-electron chi connectivity index (χ2n) is 8.01. The molecule has 0 atom stereocenters. The van der Waals surface area contributed by atoms with Crippen LogP contribution in [0.4, 0.5) is 5.69 Å². The topological polar surface area (TPSA) is 125 Å². The normalized spacial score (nSPS) is 10.5. The summed E-state index contributed by atoms with van der Waals surface area (Å²) in [5.41, 5.74) is 3.52. The van der Waals surface area contributed by atoms with Crippen molar-refractivity contribution in [2.75, 3.05) is 25.1 Å². The number of benzene rings is 3. The highest BCUT2D eigenvalue weighted by Gasteiger charge is 2.15. The van der Waals surface area contributed by atoms with Crippen molar-refractivity contribution in [3.05, 3.63) is 77.9 Å². The van der Waals surface area contributed by atoms with Gasteiger partial charge in [0.05, 0.1) is 31.6 Å². The number of hydrogen-bond donors (Lipinski definition) is 2. The number of carbonyl (C=O) groups excluding carboxylic acids is 3. The molecule has 0 aliphatic rings. The third-order valence-corrected chi connectivity index (χ3v) is 5.04. The molecule has 3 aromatic carbocycles. The zero-order chi connectivity index (χ0) is 28.0. The maximum absolute atomic E-state index is 12.6. The van der Waals surface area contributed by atoms with Crippen LogP contribution in [0.25, 0.3) is 0 Å². The number of anilines is 1. The van der Waals surface area contributed by atoms with Crippen molar-refractivity contribution in [3.8, 4) is 23.0 Å². The Morgan fingerprint density at radius 1 is 0.769 bits per heavy atom. The molecule has 3 aromatic rings. The van der Waals surface area contributed by atoms with E-state index in [4.69, 9.17) is 18.9 Å². The fourth-order valence-corrected chi connectivity index (χ4v) is 3.23. The molecule has 2 amide bonds. The maximum Gasteiger partial charge on any atom is 0.343 e. The molecule has 0 saturated carbocycles. The summed E-state index contributed by atoms with van der Waals surface area (Å²) in [6.07, 6.45) is 2.22. The van der Waals surface area contributed by atoms with Crippen LogP contribution in [0.3, 0.4) is 0 Å². The summed E-state index contributed by atoms with van der Waals surface area (Å²) in [6.45, 7) is 7.13. The van der Waals surface area contributed by atoms with Crippen LogP contribution < -0.4 is 29.7 Å². The molecule has 0 unspecified atom stereocenters. The average Bonchev–Trinajstić information content (AvgIpc) is 2.94. The van der Waals surface area contributed by atoms with Gasteiger partial charge >= 0.3 is 17.8 Å². The zero-order valence-electron chi connectivity index (χ0n) is 22.1. The molecule has 0 saturated heterocycles. The lowest BCUT2D eigenvalue weighted by atomic mass is 10.2. The molecule has 0 aromatic heterocycles. The molecule has 10 heteroatoms. The highest BCUT2D eigenvalue weighted by molar-refractivity contribution is 6.39. The second kappa shape index (κ2) is 14.8. The van der Waals surface area contributed by atoms with Crippen LogP contribution in [0.15, 0.2) is 71.8 Å². The van der Waals surface area contributed by atoms with E-state index in [0.717, 1.165) is 6.42 Å². The predicted molar refractivity (Wildman–Crippen MR) is 147 cm³/mol. The number of nitrogens with one attached hydrogen (secondary N) is 2. The summed E-state index contributed by atoms with van der Waals surface area (Å²) in [4.78, 5) is 36.9. The number of rotatable bonds is 12. The van der Waals surface area contributed by atoms with E-state index >= 15 is 0 Å². The fraction of sp³-hybridized carbons (Fsp3) is 0.241. The van der Waals surface area contributed by atoms with Gasteiger partial charge in [0.1, 0.15) is 11.5 Å². The van der Waals surface area contributed by atoms with Gasteiger partial charge in [0.2, 0.25) is 0 Å². The largest absolute Gasteiger partial charge is 0.494 e. The van der Waals surface area contributed by atoms with Crippen LogP contribution >= 0.6 is 0 Å². The van der Waals surface area contributed by atoms with Crippen LogP contribution in [0.1, 0.15) is 43.1 Å². The van der Waals surface area contributed by atoms with Gasteiger partial charge < -0.3 is 24.3 Å². The summed E-state index contributed by atoms with van der Waals surface area (Å²) in [6, 6.07) is 18.1. The summed E-state index contributed by atoms with van der Waals surface area (Å²) in [7, 11) is 0. The van der Waals surface area contributed by atoms with Crippen LogP contribution in [-0.4, -0.2) is 43.8 Å². The SMILES string of the molecule is CCCOc1ccc(C(=O)Oc2ccc(/C=N\NC(=O)C(=O)Nc3ccc(OCC)cc3)cc2OCC)cc1. The van der Waals surface area contributed by atoms with Crippen molar-refractivity contribution in [3.63, 3.8) is 0 Å². The summed E-state index contributed by atoms with van der Waals surface area (Å²) >= 11 is 0. The lowest BCUT2D eigenvalue weighted by Crippen LogP contribution is -2.32. The van der Waals surface area contributed by atoms with E-state index in [9.17, 15) is 14.4 Å². The quantitative estimate of drug-likeness (QED) is 0.115. The second-order valence-corrected chi connectivity index (χ2v) is 8.01. The number of hydrazone groups is 1. The lowest BCUT2D eigenvalue weighted by molar-refractivity contribution is -0.136. The minimum atomic E-state index is -0.943. The highest BCUT2D eigenvalue weighted by Crippen LogP contribution is 2.29. The fourth-order valence-electron chi connectivity index (χ4n) is 3.23. The molecule has 39 heavy (non-hydrogen) atoms. The van der Waals surface area contributed by atoms with Gasteiger partial charge in [-0.25, -0.2) is 10.2 Å². The molecule has 0 fully saturated rings. The average molecular weight is 534 g/mol. The first-order valence-electron chi connectivity index (χ1n) is 12.5. The molecule has 3 rings (SSSR count). The Balaban J connectivity index is 1.58. The van der Waals surface area contributed by atoms with E-state index in [-0.39, 0.29) is 5.75 Å². The summed E-state index contributed by atoms with van der Waals surface area (Å²) in [5, 5.41) is 6.31. The Morgan fingerprint density at radius 2 is 1.44 bits per heavy atom. The van der Waals surface area contributed by atoms with Gasteiger partial charge in [0.15, 0.2) is 11.5 Å². The predicted octanol–water partition coefficient (Wildman–Crippen LogP) is 4.58. The number of hydrogen-bond acceptors (Lipinski definition) is 8. The lowest BCUT2D eigenvalue weighted by Gasteiger charge is -2.12. The van der Waals surface area contributed by atoms with Crippen molar-refractivity contribution in [2.45, 2.75) is 27.2 Å². The Labute approximate surface area is 226 Å². The number of nitrogens with zero attached hydrogens (tertiary/aromatic N) is 1. The maximum atomic E-state index is 12.6. The van der Waals surface area contributed by atoms with Gasteiger partial charge in [-0.05, 0) is 92.6 Å². The van der Waals surface area contributed by atoms with Crippen molar-refractivity contribution < 1.29 is 33.3 Å². The van der Waals surface area contributed by atoms with E-state index in [2.05, 4.69) is 15.8 Å². The Hall–Kier alpha value is -4.86. The van der Waals surface area contributed by atoms with Gasteiger partial charge in [-0.15, -0.1) is 0 Å². The summed E-state index contributed by atoms with van der Waals surface area (Å²) in [5.74, 6) is -0.497. The molecular weight excluding hydrogens is 502 g/mol. The van der Waals surface area contributed by atoms with E-state index in [0.29, 0.717) is 53.9 Å². The van der Waals surface area contributed by atoms with Gasteiger partial charge in [-0.1, -0.05) is 6.92 Å². The van der Waals surface area contributed by atoms with Gasteiger partial charge in [-0.2, -0.15) is 5.10 Å². The standard InChI is InChI=1S/C29H31N3O7/c1-4-17-38-24-12-8-21(9-13-24)29(35)39-25-16-7-20(18-26(25)37-6-3)19-30-32-28(34)27(33)31-22-10-14-23(15-11-22)36-5-2/h7-16,18-19H,4-6,17H2,1-3H3,(H,31,33)(H,32,34)/b30-19-. The molecule has 0 bridgehead atoms.